The summed E-state index contributed by atoms with van der Waals surface area (Å²) in [4.78, 5) is 0. The zero-order valence-corrected chi connectivity index (χ0v) is 15.6. The number of hydrogen-bond donors (Lipinski definition) is 2. The molecule has 0 heterocycles. The maximum absolute atomic E-state index is 5.87. The lowest BCUT2D eigenvalue weighted by Gasteiger charge is -2.15. The zero-order valence-electron chi connectivity index (χ0n) is 14.8. The topological polar surface area (TPSA) is 87.3 Å². The fraction of sp³-hybridized carbons (Fsp3) is 0.222. The van der Waals surface area contributed by atoms with Crippen LogP contribution in [0.2, 0.25) is 0 Å². The Labute approximate surface area is 157 Å². The Morgan fingerprint density at radius 1 is 1.04 bits per heavy atom. The van der Waals surface area contributed by atoms with Gasteiger partial charge in [0.1, 0.15) is 18.1 Å². The van der Waals surface area contributed by atoms with Crippen molar-refractivity contribution in [3.63, 3.8) is 0 Å². The largest absolute Gasteiger partial charge is 0.493 e. The highest BCUT2D eigenvalue weighted by atomic mass is 32.1. The molecule has 0 bridgehead atoms. The molecule has 0 atom stereocenters. The molecule has 0 saturated heterocycles. The first kappa shape index (κ1) is 19.3. The van der Waals surface area contributed by atoms with Gasteiger partial charge in [-0.1, -0.05) is 30.3 Å². The van der Waals surface area contributed by atoms with Crippen LogP contribution in [0.15, 0.2) is 47.6 Å². The summed E-state index contributed by atoms with van der Waals surface area (Å²) in [7, 11) is 4.64. The van der Waals surface area contributed by atoms with Gasteiger partial charge in [0.2, 0.25) is 5.75 Å². The van der Waals surface area contributed by atoms with Crippen LogP contribution in [0.4, 0.5) is 0 Å². The van der Waals surface area contributed by atoms with Gasteiger partial charge in [-0.05, 0) is 12.2 Å². The Morgan fingerprint density at radius 3 is 2.15 bits per heavy atom. The Bertz CT molecular complexity index is 756. The van der Waals surface area contributed by atoms with E-state index >= 15 is 0 Å². The van der Waals surface area contributed by atoms with E-state index in [0.29, 0.717) is 28.7 Å². The number of nitrogens with one attached hydrogen (secondary N) is 1. The molecule has 0 aromatic heterocycles. The molecule has 26 heavy (non-hydrogen) atoms. The van der Waals surface area contributed by atoms with Crippen molar-refractivity contribution in [3.05, 3.63) is 48.0 Å². The van der Waals surface area contributed by atoms with Crippen LogP contribution in [0.3, 0.4) is 0 Å². The zero-order chi connectivity index (χ0) is 18.9. The van der Waals surface area contributed by atoms with Crippen LogP contribution in [0, 0.1) is 0 Å². The summed E-state index contributed by atoms with van der Waals surface area (Å²) in [5, 5.41) is 4.29. The van der Waals surface area contributed by atoms with Crippen LogP contribution in [0.5, 0.6) is 23.0 Å². The van der Waals surface area contributed by atoms with Crippen LogP contribution in [0.1, 0.15) is 5.56 Å². The number of hydrogen-bond acceptors (Lipinski definition) is 6. The summed E-state index contributed by atoms with van der Waals surface area (Å²) in [6, 6.07) is 13.0. The van der Waals surface area contributed by atoms with Crippen LogP contribution < -0.4 is 30.1 Å². The van der Waals surface area contributed by atoms with E-state index in [-0.39, 0.29) is 11.7 Å². The van der Waals surface area contributed by atoms with E-state index in [0.717, 1.165) is 5.56 Å². The van der Waals surface area contributed by atoms with Crippen molar-refractivity contribution in [2.75, 3.05) is 27.9 Å². The molecule has 2 aromatic carbocycles. The van der Waals surface area contributed by atoms with Gasteiger partial charge in [0.05, 0.1) is 21.3 Å². The highest BCUT2D eigenvalue weighted by molar-refractivity contribution is 7.80. The molecule has 8 heteroatoms. The summed E-state index contributed by atoms with van der Waals surface area (Å²) in [6.45, 7) is 0.179. The summed E-state index contributed by atoms with van der Waals surface area (Å²) >= 11 is 4.81. The minimum atomic E-state index is 0.0752. The van der Waals surface area contributed by atoms with Gasteiger partial charge < -0.3 is 24.7 Å². The molecule has 0 aliphatic rings. The highest BCUT2D eigenvalue weighted by Gasteiger charge is 2.14. The molecule has 0 saturated carbocycles. The molecule has 3 N–H and O–H groups in total. The number of benzene rings is 2. The SMILES string of the molecule is COc1cc(OCC(=NNC(N)=S)c2ccccc2)cc(OC)c1OC. The summed E-state index contributed by atoms with van der Waals surface area (Å²) < 4.78 is 21.8. The van der Waals surface area contributed by atoms with Gasteiger partial charge in [-0.25, -0.2) is 0 Å². The molecule has 7 nitrogen and oxygen atoms in total. The van der Waals surface area contributed by atoms with Crippen LogP contribution >= 0.6 is 12.2 Å². The molecule has 2 aromatic rings. The lowest BCUT2D eigenvalue weighted by Crippen LogP contribution is -2.27. The van der Waals surface area contributed by atoms with E-state index in [4.69, 9.17) is 36.9 Å². The number of ether oxygens (including phenoxy) is 4. The normalized spacial score (nSPS) is 10.8. The molecular weight excluding hydrogens is 354 g/mol. The quantitative estimate of drug-likeness (QED) is 0.416. The Balaban J connectivity index is 2.25. The first-order chi connectivity index (χ1) is 12.6. The molecule has 2 rings (SSSR count). The van der Waals surface area contributed by atoms with Gasteiger partial charge in [-0.15, -0.1) is 0 Å². The van der Waals surface area contributed by atoms with Crippen LogP contribution in [-0.4, -0.2) is 38.8 Å². The third kappa shape index (κ3) is 5.00. The maximum atomic E-state index is 5.87. The minimum absolute atomic E-state index is 0.0752. The summed E-state index contributed by atoms with van der Waals surface area (Å²) in [6.07, 6.45) is 0. The summed E-state index contributed by atoms with van der Waals surface area (Å²) in [5.74, 6) is 2.04. The number of thiocarbonyl (C=S) groups is 1. The van der Waals surface area contributed by atoms with Crippen molar-refractivity contribution in [1.82, 2.24) is 5.43 Å². The Kier molecular flexibility index (Phi) is 7.04. The van der Waals surface area contributed by atoms with Crippen molar-refractivity contribution in [2.45, 2.75) is 0 Å². The van der Waals surface area contributed by atoms with Crippen LogP contribution in [0.25, 0.3) is 0 Å². The van der Waals surface area contributed by atoms with Crippen molar-refractivity contribution in [2.24, 2.45) is 10.8 Å². The van der Waals surface area contributed by atoms with Crippen molar-refractivity contribution in [1.29, 1.82) is 0 Å². The summed E-state index contributed by atoms with van der Waals surface area (Å²) in [5.41, 5.74) is 9.56. The average molecular weight is 375 g/mol. The van der Waals surface area contributed by atoms with Crippen molar-refractivity contribution >= 4 is 23.0 Å². The lowest BCUT2D eigenvalue weighted by atomic mass is 10.1. The second-order valence-corrected chi connectivity index (χ2v) is 5.49. The van der Waals surface area contributed by atoms with E-state index in [9.17, 15) is 0 Å². The highest BCUT2D eigenvalue weighted by Crippen LogP contribution is 2.40. The van der Waals surface area contributed by atoms with Gasteiger partial charge in [0, 0.05) is 17.7 Å². The molecule has 0 radical (unpaired) electrons. The predicted octanol–water partition coefficient (Wildman–Crippen LogP) is 2.33. The Morgan fingerprint density at radius 2 is 1.65 bits per heavy atom. The smallest absolute Gasteiger partial charge is 0.203 e. The average Bonchev–Trinajstić information content (AvgIpc) is 2.67. The second kappa shape index (κ2) is 9.47. The van der Waals surface area contributed by atoms with Gasteiger partial charge in [0.25, 0.3) is 0 Å². The predicted molar refractivity (Wildman–Crippen MR) is 104 cm³/mol. The Hall–Kier alpha value is -3.00. The monoisotopic (exact) mass is 375 g/mol. The number of rotatable bonds is 8. The van der Waals surface area contributed by atoms with Gasteiger partial charge in [-0.3, -0.25) is 5.43 Å². The van der Waals surface area contributed by atoms with E-state index in [1.807, 2.05) is 30.3 Å². The lowest BCUT2D eigenvalue weighted by molar-refractivity contribution is 0.315. The van der Waals surface area contributed by atoms with Gasteiger partial charge >= 0.3 is 0 Å². The molecule has 0 spiro atoms. The minimum Gasteiger partial charge on any atom is -0.493 e. The number of methoxy groups -OCH3 is 3. The van der Waals surface area contributed by atoms with Crippen LogP contribution in [-0.2, 0) is 0 Å². The van der Waals surface area contributed by atoms with Crippen molar-refractivity contribution < 1.29 is 18.9 Å². The number of nitrogens with zero attached hydrogens (tertiary/aromatic N) is 1. The van der Waals surface area contributed by atoms with Gasteiger partial charge in [-0.2, -0.15) is 5.10 Å². The molecular formula is C18H21N3O4S. The van der Waals surface area contributed by atoms with E-state index < -0.39 is 0 Å². The standard InChI is InChI=1S/C18H21N3O4S/c1-22-15-9-13(10-16(23-2)17(15)24-3)25-11-14(20-21-18(19)26)12-7-5-4-6-8-12/h4-10H,11H2,1-3H3,(H3,19,21,26). The molecule has 0 aliphatic carbocycles. The maximum Gasteiger partial charge on any atom is 0.203 e. The van der Waals surface area contributed by atoms with E-state index in [1.54, 1.807) is 33.5 Å². The first-order valence-electron chi connectivity index (χ1n) is 7.69. The molecule has 138 valence electrons. The fourth-order valence-corrected chi connectivity index (χ4v) is 2.27. The number of hydrazone groups is 1. The molecule has 0 unspecified atom stereocenters. The molecule has 0 aliphatic heterocycles. The fourth-order valence-electron chi connectivity index (χ4n) is 2.23. The second-order valence-electron chi connectivity index (χ2n) is 5.05. The molecule has 0 amide bonds. The van der Waals surface area contributed by atoms with E-state index in [1.165, 1.54) is 0 Å². The van der Waals surface area contributed by atoms with Crippen molar-refractivity contribution in [3.8, 4) is 23.0 Å². The van der Waals surface area contributed by atoms with Gasteiger partial charge in [0.15, 0.2) is 16.6 Å². The molecule has 0 fully saturated rings. The third-order valence-corrected chi connectivity index (χ3v) is 3.51. The van der Waals surface area contributed by atoms with E-state index in [2.05, 4.69) is 10.5 Å². The third-order valence-electron chi connectivity index (χ3n) is 3.42. The first-order valence-corrected chi connectivity index (χ1v) is 8.10. The number of nitrogens with two attached hydrogens (primary N) is 1.